The molecule has 2 aromatic heterocycles. The van der Waals surface area contributed by atoms with Gasteiger partial charge in [0.05, 0.1) is 21.3 Å². The summed E-state index contributed by atoms with van der Waals surface area (Å²) in [4.78, 5) is 56.4. The normalized spacial score (nSPS) is 16.6. The second kappa shape index (κ2) is 11.8. The molecule has 36 heavy (non-hydrogen) atoms. The maximum Gasteiger partial charge on any atom is 0.343 e. The molecule has 1 N–H and O–H groups in total. The molecule has 2 aliphatic heterocycles. The van der Waals surface area contributed by atoms with Crippen molar-refractivity contribution in [2.24, 2.45) is 0 Å². The lowest BCUT2D eigenvalue weighted by atomic mass is 10.0. The van der Waals surface area contributed by atoms with E-state index in [-0.39, 0.29) is 46.8 Å². The Balaban J connectivity index is 0.000000214. The number of alkyl halides is 1. The van der Waals surface area contributed by atoms with Gasteiger partial charge in [-0.25, -0.2) is 14.8 Å². The summed E-state index contributed by atoms with van der Waals surface area (Å²) in [5, 5.41) is 3.21. The fraction of sp³-hybridized carbons (Fsp3) is 0.364. The molecule has 0 saturated carbocycles. The highest BCUT2D eigenvalue weighted by Gasteiger charge is 2.41. The van der Waals surface area contributed by atoms with Crippen LogP contribution in [0.5, 0.6) is 11.8 Å². The molecule has 14 heteroatoms. The molecule has 0 aliphatic carbocycles. The van der Waals surface area contributed by atoms with E-state index < -0.39 is 17.9 Å². The van der Waals surface area contributed by atoms with Crippen molar-refractivity contribution in [2.45, 2.75) is 30.8 Å². The Bertz CT molecular complexity index is 1200. The molecule has 1 saturated heterocycles. The van der Waals surface area contributed by atoms with Crippen molar-refractivity contribution >= 4 is 62.8 Å². The van der Waals surface area contributed by atoms with Crippen molar-refractivity contribution in [2.75, 3.05) is 21.3 Å². The van der Waals surface area contributed by atoms with Crippen LogP contribution in [-0.2, 0) is 26.2 Å². The molecule has 2 aromatic rings. The van der Waals surface area contributed by atoms with E-state index in [0.717, 1.165) is 0 Å². The van der Waals surface area contributed by atoms with Gasteiger partial charge in [-0.1, -0.05) is 39.1 Å². The highest BCUT2D eigenvalue weighted by atomic mass is 79.9. The number of aromatic nitrogens is 2. The fourth-order valence-corrected chi connectivity index (χ4v) is 4.64. The molecular weight excluding hydrogens is 583 g/mol. The monoisotopic (exact) mass is 602 g/mol. The number of piperidine rings is 1. The molecule has 0 bridgehead atoms. The number of rotatable bonds is 5. The minimum atomic E-state index is -0.661. The van der Waals surface area contributed by atoms with Crippen LogP contribution in [0.25, 0.3) is 0 Å². The van der Waals surface area contributed by atoms with E-state index in [1.807, 2.05) is 0 Å². The van der Waals surface area contributed by atoms with Crippen LogP contribution in [0.3, 0.4) is 0 Å². The first-order valence-electron chi connectivity index (χ1n) is 10.4. The van der Waals surface area contributed by atoms with Gasteiger partial charge in [0.2, 0.25) is 23.6 Å². The number of halogens is 3. The second-order valence-corrected chi connectivity index (χ2v) is 8.84. The van der Waals surface area contributed by atoms with Gasteiger partial charge in [0.25, 0.3) is 5.91 Å². The summed E-state index contributed by atoms with van der Waals surface area (Å²) in [7, 11) is 4.12. The van der Waals surface area contributed by atoms with Gasteiger partial charge in [0, 0.05) is 18.3 Å². The first-order chi connectivity index (χ1) is 17.1. The Hall–Kier alpha value is -2.96. The number of hydrogen-bond donors (Lipinski definition) is 1. The molecule has 3 amide bonds. The van der Waals surface area contributed by atoms with E-state index in [2.05, 4.69) is 36.0 Å². The number of carbonyl (C=O) groups excluding carboxylic acids is 4. The summed E-state index contributed by atoms with van der Waals surface area (Å²) >= 11 is 14.9. The zero-order valence-corrected chi connectivity index (χ0v) is 22.5. The van der Waals surface area contributed by atoms with E-state index in [9.17, 15) is 19.2 Å². The number of esters is 1. The van der Waals surface area contributed by atoms with Crippen LogP contribution in [0.1, 0.15) is 44.7 Å². The van der Waals surface area contributed by atoms with E-state index in [0.29, 0.717) is 34.0 Å². The first-order valence-corrected chi connectivity index (χ1v) is 12.3. The summed E-state index contributed by atoms with van der Waals surface area (Å²) in [5.74, 6) is -1.28. The molecule has 4 heterocycles. The lowest BCUT2D eigenvalue weighted by Crippen LogP contribution is -2.52. The Morgan fingerprint density at radius 3 is 2.33 bits per heavy atom. The zero-order valence-electron chi connectivity index (χ0n) is 19.4. The molecule has 4 rings (SSSR count). The summed E-state index contributed by atoms with van der Waals surface area (Å²) in [6.45, 7) is 0.249. The van der Waals surface area contributed by atoms with Crippen molar-refractivity contribution < 1.29 is 33.4 Å². The molecule has 1 fully saturated rings. The molecule has 0 radical (unpaired) electrons. The van der Waals surface area contributed by atoms with E-state index >= 15 is 0 Å². The van der Waals surface area contributed by atoms with Crippen molar-refractivity contribution in [3.05, 3.63) is 44.7 Å². The van der Waals surface area contributed by atoms with Crippen LogP contribution in [0.4, 0.5) is 0 Å². The SMILES string of the molecule is COC(=O)c1c(CBr)cc(Cl)nc1OC.COc1nc(Cl)cc2c1C(=O)N(C1CCC(=O)NC1=O)C2. The van der Waals surface area contributed by atoms with Crippen molar-refractivity contribution in [1.82, 2.24) is 20.2 Å². The predicted octanol–water partition coefficient (Wildman–Crippen LogP) is 2.93. The number of imide groups is 1. The Kier molecular flexibility index (Phi) is 9.09. The van der Waals surface area contributed by atoms with Crippen LogP contribution in [-0.4, -0.2) is 65.9 Å². The van der Waals surface area contributed by atoms with Gasteiger partial charge in [-0.15, -0.1) is 0 Å². The molecule has 0 aromatic carbocycles. The maximum absolute atomic E-state index is 12.5. The third-order valence-corrected chi connectivity index (χ3v) is 6.39. The van der Waals surface area contributed by atoms with Gasteiger partial charge < -0.3 is 19.1 Å². The van der Waals surface area contributed by atoms with Crippen molar-refractivity contribution in [3.63, 3.8) is 0 Å². The average Bonchev–Trinajstić information content (AvgIpc) is 3.18. The predicted molar refractivity (Wildman–Crippen MR) is 132 cm³/mol. The molecule has 11 nitrogen and oxygen atoms in total. The second-order valence-electron chi connectivity index (χ2n) is 7.50. The average molecular weight is 604 g/mol. The number of pyridine rings is 2. The topological polar surface area (TPSA) is 137 Å². The lowest BCUT2D eigenvalue weighted by molar-refractivity contribution is -0.136. The number of nitrogens with zero attached hydrogens (tertiary/aromatic N) is 3. The van der Waals surface area contributed by atoms with Crippen molar-refractivity contribution in [3.8, 4) is 11.8 Å². The fourth-order valence-electron chi connectivity index (χ4n) is 3.78. The largest absolute Gasteiger partial charge is 0.480 e. The number of fused-ring (bicyclic) bond motifs is 1. The number of hydrogen-bond acceptors (Lipinski definition) is 9. The highest BCUT2D eigenvalue weighted by molar-refractivity contribution is 9.08. The molecule has 2 aliphatic rings. The first kappa shape index (κ1) is 27.6. The molecule has 1 unspecified atom stereocenters. The quantitative estimate of drug-likeness (QED) is 0.237. The molecule has 0 spiro atoms. The molecular formula is C22H21BrCl2N4O7. The van der Waals surface area contributed by atoms with Crippen LogP contribution >= 0.6 is 39.1 Å². The summed E-state index contributed by atoms with van der Waals surface area (Å²) < 4.78 is 14.7. The van der Waals surface area contributed by atoms with Crippen LogP contribution in [0, 0.1) is 0 Å². The number of carbonyl (C=O) groups is 4. The number of methoxy groups -OCH3 is 3. The van der Waals surface area contributed by atoms with Crippen molar-refractivity contribution in [1.29, 1.82) is 0 Å². The number of nitrogens with one attached hydrogen (secondary N) is 1. The van der Waals surface area contributed by atoms with Gasteiger partial charge in [0.1, 0.15) is 27.5 Å². The van der Waals surface area contributed by atoms with E-state index in [1.54, 1.807) is 12.1 Å². The minimum Gasteiger partial charge on any atom is -0.480 e. The maximum atomic E-state index is 12.5. The third-order valence-electron chi connectivity index (χ3n) is 5.40. The Labute approximate surface area is 224 Å². The third kappa shape index (κ3) is 5.71. The van der Waals surface area contributed by atoms with Gasteiger partial charge in [-0.3, -0.25) is 19.7 Å². The standard InChI is InChI=1S/C13H12ClN3O4.C9H9BrClNO3/c1-21-12-10-6(4-8(14)15-12)5-17(13(10)20)7-2-3-9(18)16-11(7)19;1-14-8-7(9(13)15-2)5(4-10)3-6(11)12-8/h4,7H,2-3,5H2,1H3,(H,16,18,19);3H,4H2,1-2H3. The minimum absolute atomic E-state index is 0.150. The summed E-state index contributed by atoms with van der Waals surface area (Å²) in [6.07, 6.45) is 0.528. The molecule has 192 valence electrons. The van der Waals surface area contributed by atoms with Gasteiger partial charge >= 0.3 is 5.97 Å². The van der Waals surface area contributed by atoms with Gasteiger partial charge in [-0.2, -0.15) is 0 Å². The lowest BCUT2D eigenvalue weighted by Gasteiger charge is -2.29. The number of ether oxygens (including phenoxy) is 3. The number of amides is 3. The van der Waals surface area contributed by atoms with Gasteiger partial charge in [-0.05, 0) is 29.7 Å². The van der Waals surface area contributed by atoms with Gasteiger partial charge in [0.15, 0.2) is 0 Å². The van der Waals surface area contributed by atoms with E-state index in [4.69, 9.17) is 32.7 Å². The Morgan fingerprint density at radius 2 is 1.75 bits per heavy atom. The Morgan fingerprint density at radius 1 is 1.11 bits per heavy atom. The van der Waals surface area contributed by atoms with E-state index in [1.165, 1.54) is 26.2 Å². The smallest absolute Gasteiger partial charge is 0.343 e. The highest BCUT2D eigenvalue weighted by Crippen LogP contribution is 2.34. The van der Waals surface area contributed by atoms with Crippen LogP contribution in [0.15, 0.2) is 12.1 Å². The molecule has 1 atom stereocenters. The zero-order chi connectivity index (χ0) is 26.6. The van der Waals surface area contributed by atoms with Crippen LogP contribution in [0.2, 0.25) is 10.3 Å². The summed E-state index contributed by atoms with van der Waals surface area (Å²) in [6, 6.07) is 2.51. The summed E-state index contributed by atoms with van der Waals surface area (Å²) in [5.41, 5.74) is 1.97. The van der Waals surface area contributed by atoms with Crippen LogP contribution < -0.4 is 14.8 Å².